The van der Waals surface area contributed by atoms with Crippen molar-refractivity contribution in [3.05, 3.63) is 60.5 Å². The number of amides is 1. The Hall–Kier alpha value is -3.13. The highest BCUT2D eigenvalue weighted by Crippen LogP contribution is 2.47. The van der Waals surface area contributed by atoms with Crippen LogP contribution in [0, 0.1) is 5.41 Å². The van der Waals surface area contributed by atoms with E-state index in [9.17, 15) is 4.79 Å². The Morgan fingerprint density at radius 3 is 2.76 bits per heavy atom. The number of hydrogen-bond acceptors (Lipinski definition) is 7. The average molecular weight is 390 g/mol. The van der Waals surface area contributed by atoms with Gasteiger partial charge in [-0.1, -0.05) is 11.2 Å². The Kier molecular flexibility index (Phi) is 4.35. The van der Waals surface area contributed by atoms with E-state index in [1.807, 2.05) is 29.2 Å². The molecule has 3 aromatic rings. The standard InChI is InChI=1S/C21H22N6O2/c1-26-12-21(13-27(14-21)18(28)9-15-3-2-6-23-11-15)10-17(26)20-24-19(25-29-20)16-4-7-22-8-5-16/h2-8,11,17H,9-10,12-14H2,1H3. The average Bonchev–Trinajstić information content (AvgIpc) is 3.33. The fraction of sp³-hybridized carbons (Fsp3) is 0.381. The lowest BCUT2D eigenvalue weighted by Gasteiger charge is -2.48. The molecule has 2 fully saturated rings. The molecule has 1 amide bonds. The van der Waals surface area contributed by atoms with Crippen molar-refractivity contribution in [2.75, 3.05) is 26.7 Å². The van der Waals surface area contributed by atoms with E-state index in [1.165, 1.54) is 0 Å². The van der Waals surface area contributed by atoms with Crippen molar-refractivity contribution >= 4 is 5.91 Å². The van der Waals surface area contributed by atoms with E-state index in [0.29, 0.717) is 18.1 Å². The summed E-state index contributed by atoms with van der Waals surface area (Å²) in [6.07, 6.45) is 8.23. The largest absolute Gasteiger partial charge is 0.341 e. The quantitative estimate of drug-likeness (QED) is 0.673. The van der Waals surface area contributed by atoms with Gasteiger partial charge in [0.05, 0.1) is 12.5 Å². The van der Waals surface area contributed by atoms with Crippen LogP contribution in [0.1, 0.15) is 23.9 Å². The van der Waals surface area contributed by atoms with Crippen LogP contribution in [0.4, 0.5) is 0 Å². The number of carbonyl (C=O) groups excluding carboxylic acids is 1. The lowest BCUT2D eigenvalue weighted by Crippen LogP contribution is -2.59. The molecule has 5 rings (SSSR count). The van der Waals surface area contributed by atoms with E-state index < -0.39 is 0 Å². The molecular weight excluding hydrogens is 368 g/mol. The van der Waals surface area contributed by atoms with Crippen molar-refractivity contribution in [2.24, 2.45) is 5.41 Å². The summed E-state index contributed by atoms with van der Waals surface area (Å²) < 4.78 is 5.58. The first-order valence-electron chi connectivity index (χ1n) is 9.73. The van der Waals surface area contributed by atoms with Crippen LogP contribution in [-0.4, -0.2) is 62.5 Å². The fourth-order valence-electron chi connectivity index (χ4n) is 4.49. The molecule has 0 aromatic carbocycles. The number of aromatic nitrogens is 4. The minimum Gasteiger partial charge on any atom is -0.341 e. The number of nitrogens with zero attached hydrogens (tertiary/aromatic N) is 6. The molecule has 0 aliphatic carbocycles. The Labute approximate surface area is 168 Å². The van der Waals surface area contributed by atoms with Gasteiger partial charge in [0.15, 0.2) is 0 Å². The maximum atomic E-state index is 12.6. The van der Waals surface area contributed by atoms with Gasteiger partial charge in [0.2, 0.25) is 17.6 Å². The van der Waals surface area contributed by atoms with Crippen molar-refractivity contribution in [3.8, 4) is 11.4 Å². The van der Waals surface area contributed by atoms with Crippen LogP contribution in [0.2, 0.25) is 0 Å². The van der Waals surface area contributed by atoms with Crippen LogP contribution in [0.15, 0.2) is 53.6 Å². The first-order valence-corrected chi connectivity index (χ1v) is 9.73. The second-order valence-electron chi connectivity index (χ2n) is 8.11. The molecular formula is C21H22N6O2. The van der Waals surface area contributed by atoms with E-state index in [2.05, 4.69) is 32.1 Å². The molecule has 1 unspecified atom stereocenters. The molecule has 8 nitrogen and oxygen atoms in total. The summed E-state index contributed by atoms with van der Waals surface area (Å²) in [5.41, 5.74) is 1.95. The van der Waals surface area contributed by atoms with Gasteiger partial charge in [0.25, 0.3) is 0 Å². The summed E-state index contributed by atoms with van der Waals surface area (Å²) in [7, 11) is 2.08. The van der Waals surface area contributed by atoms with E-state index in [1.54, 1.807) is 24.8 Å². The van der Waals surface area contributed by atoms with Gasteiger partial charge in [-0.25, -0.2) is 0 Å². The lowest BCUT2D eigenvalue weighted by molar-refractivity contribution is -0.141. The third-order valence-corrected chi connectivity index (χ3v) is 5.89. The fourth-order valence-corrected chi connectivity index (χ4v) is 4.49. The molecule has 148 valence electrons. The van der Waals surface area contributed by atoms with Crippen molar-refractivity contribution in [3.63, 3.8) is 0 Å². The Morgan fingerprint density at radius 1 is 1.17 bits per heavy atom. The zero-order valence-electron chi connectivity index (χ0n) is 16.2. The highest BCUT2D eigenvalue weighted by molar-refractivity contribution is 5.79. The van der Waals surface area contributed by atoms with Gasteiger partial charge >= 0.3 is 0 Å². The molecule has 2 aliphatic rings. The second-order valence-corrected chi connectivity index (χ2v) is 8.11. The molecule has 5 heterocycles. The topological polar surface area (TPSA) is 88.3 Å². The molecule has 0 saturated carbocycles. The molecule has 0 bridgehead atoms. The summed E-state index contributed by atoms with van der Waals surface area (Å²) >= 11 is 0. The first kappa shape index (κ1) is 17.9. The van der Waals surface area contributed by atoms with Crippen LogP contribution in [0.5, 0.6) is 0 Å². The summed E-state index contributed by atoms with van der Waals surface area (Å²) in [6, 6.07) is 7.61. The number of hydrogen-bond donors (Lipinski definition) is 0. The molecule has 29 heavy (non-hydrogen) atoms. The molecule has 1 atom stereocenters. The van der Waals surface area contributed by atoms with Crippen molar-refractivity contribution in [1.82, 2.24) is 29.9 Å². The SMILES string of the molecule is CN1CC2(CC1c1nc(-c3ccncc3)no1)CN(C(=O)Cc1cccnc1)C2. The monoisotopic (exact) mass is 390 g/mol. The Bertz CT molecular complexity index is 1000. The predicted molar refractivity (Wildman–Crippen MR) is 104 cm³/mol. The normalized spacial score (nSPS) is 20.7. The zero-order valence-corrected chi connectivity index (χ0v) is 16.2. The van der Waals surface area contributed by atoms with Gasteiger partial charge < -0.3 is 9.42 Å². The summed E-state index contributed by atoms with van der Waals surface area (Å²) in [4.78, 5) is 29.5. The van der Waals surface area contributed by atoms with Crippen molar-refractivity contribution in [2.45, 2.75) is 18.9 Å². The zero-order chi connectivity index (χ0) is 19.8. The number of carbonyl (C=O) groups is 1. The van der Waals surface area contributed by atoms with Crippen LogP contribution >= 0.6 is 0 Å². The first-order chi connectivity index (χ1) is 14.1. The van der Waals surface area contributed by atoms with Crippen LogP contribution in [-0.2, 0) is 11.2 Å². The molecule has 3 aromatic heterocycles. The van der Waals surface area contributed by atoms with Crippen LogP contribution in [0.3, 0.4) is 0 Å². The van der Waals surface area contributed by atoms with Gasteiger partial charge in [-0.05, 0) is 37.2 Å². The van der Waals surface area contributed by atoms with E-state index >= 15 is 0 Å². The van der Waals surface area contributed by atoms with Crippen LogP contribution in [0.25, 0.3) is 11.4 Å². The lowest BCUT2D eigenvalue weighted by atomic mass is 9.77. The molecule has 8 heteroatoms. The van der Waals surface area contributed by atoms with Gasteiger partial charge in [-0.15, -0.1) is 0 Å². The van der Waals surface area contributed by atoms with Crippen LogP contribution < -0.4 is 0 Å². The number of rotatable bonds is 4. The van der Waals surface area contributed by atoms with E-state index in [0.717, 1.165) is 37.2 Å². The second kappa shape index (κ2) is 7.04. The minimum atomic E-state index is 0.0775. The summed E-state index contributed by atoms with van der Waals surface area (Å²) in [5, 5.41) is 4.14. The van der Waals surface area contributed by atoms with Gasteiger partial charge in [-0.2, -0.15) is 4.98 Å². The maximum Gasteiger partial charge on any atom is 0.244 e. The summed E-state index contributed by atoms with van der Waals surface area (Å²) in [6.45, 7) is 2.47. The minimum absolute atomic E-state index is 0.0775. The Balaban J connectivity index is 1.23. The molecule has 0 N–H and O–H groups in total. The third-order valence-electron chi connectivity index (χ3n) is 5.89. The number of pyridine rings is 2. The molecule has 2 saturated heterocycles. The molecule has 0 radical (unpaired) electrons. The summed E-state index contributed by atoms with van der Waals surface area (Å²) in [5.74, 6) is 1.38. The predicted octanol–water partition coefficient (Wildman–Crippen LogP) is 1.97. The van der Waals surface area contributed by atoms with Gasteiger partial charge in [-0.3, -0.25) is 19.7 Å². The molecule has 1 spiro atoms. The van der Waals surface area contributed by atoms with E-state index in [4.69, 9.17) is 4.52 Å². The molecule has 2 aliphatic heterocycles. The Morgan fingerprint density at radius 2 is 2.00 bits per heavy atom. The van der Waals surface area contributed by atoms with Gasteiger partial charge in [0.1, 0.15) is 0 Å². The highest BCUT2D eigenvalue weighted by Gasteiger charge is 2.53. The van der Waals surface area contributed by atoms with Crippen molar-refractivity contribution < 1.29 is 9.32 Å². The van der Waals surface area contributed by atoms with E-state index in [-0.39, 0.29) is 17.4 Å². The third kappa shape index (κ3) is 3.40. The van der Waals surface area contributed by atoms with Crippen molar-refractivity contribution in [1.29, 1.82) is 0 Å². The maximum absolute atomic E-state index is 12.6. The number of likely N-dealkylation sites (tertiary alicyclic amines) is 2. The smallest absolute Gasteiger partial charge is 0.244 e. The van der Waals surface area contributed by atoms with Gasteiger partial charge in [0, 0.05) is 55.4 Å². The highest BCUT2D eigenvalue weighted by atomic mass is 16.5.